The van der Waals surface area contributed by atoms with Gasteiger partial charge in [-0.3, -0.25) is 14.3 Å². The number of methoxy groups -OCH3 is 2. The van der Waals surface area contributed by atoms with Gasteiger partial charge in [-0.15, -0.1) is 0 Å². The molecule has 0 radical (unpaired) electrons. The summed E-state index contributed by atoms with van der Waals surface area (Å²) >= 11 is 0. The van der Waals surface area contributed by atoms with Crippen molar-refractivity contribution in [3.63, 3.8) is 0 Å². The lowest BCUT2D eigenvalue weighted by molar-refractivity contribution is 0.0648. The van der Waals surface area contributed by atoms with Gasteiger partial charge in [0.2, 0.25) is 0 Å². The van der Waals surface area contributed by atoms with E-state index in [-0.39, 0.29) is 17.6 Å². The first-order chi connectivity index (χ1) is 15.5. The van der Waals surface area contributed by atoms with Crippen LogP contribution >= 0.6 is 0 Å². The molecule has 2 heterocycles. The van der Waals surface area contributed by atoms with E-state index in [4.69, 9.17) is 9.47 Å². The SMILES string of the molecule is COc1ccc(-c2ccc(OC)cc2C(=O)N2CCC(C(=O)c3ccnn3C)CC2)cc1. The van der Waals surface area contributed by atoms with Crippen LogP contribution in [0.1, 0.15) is 33.7 Å². The van der Waals surface area contributed by atoms with Crippen molar-refractivity contribution < 1.29 is 19.1 Å². The van der Waals surface area contributed by atoms with Crippen molar-refractivity contribution >= 4 is 11.7 Å². The number of amides is 1. The molecule has 7 nitrogen and oxygen atoms in total. The maximum atomic E-state index is 13.5. The maximum absolute atomic E-state index is 13.5. The molecule has 1 aromatic heterocycles. The topological polar surface area (TPSA) is 73.7 Å². The van der Waals surface area contributed by atoms with Crippen molar-refractivity contribution in [3.05, 3.63) is 66.0 Å². The first kappa shape index (κ1) is 21.6. The molecule has 1 saturated heterocycles. The number of likely N-dealkylation sites (tertiary alicyclic amines) is 1. The Balaban J connectivity index is 1.54. The summed E-state index contributed by atoms with van der Waals surface area (Å²) in [6, 6.07) is 14.9. The van der Waals surface area contributed by atoms with E-state index in [2.05, 4.69) is 5.10 Å². The van der Waals surface area contributed by atoms with Gasteiger partial charge in [0.15, 0.2) is 5.78 Å². The largest absolute Gasteiger partial charge is 0.497 e. The summed E-state index contributed by atoms with van der Waals surface area (Å²) in [6.07, 6.45) is 2.91. The van der Waals surface area contributed by atoms with Crippen molar-refractivity contribution in [3.8, 4) is 22.6 Å². The van der Waals surface area contributed by atoms with Gasteiger partial charge in [-0.05, 0) is 60.4 Å². The number of aryl methyl sites for hydroxylation is 1. The first-order valence-corrected chi connectivity index (χ1v) is 10.7. The molecular weight excluding hydrogens is 406 g/mol. The van der Waals surface area contributed by atoms with Crippen LogP contribution in [0.3, 0.4) is 0 Å². The predicted molar refractivity (Wildman–Crippen MR) is 121 cm³/mol. The van der Waals surface area contributed by atoms with E-state index in [1.807, 2.05) is 41.3 Å². The molecular formula is C25H27N3O4. The number of ether oxygens (including phenoxy) is 2. The fourth-order valence-electron chi connectivity index (χ4n) is 4.19. The fraction of sp³-hybridized carbons (Fsp3) is 0.320. The number of nitrogens with zero attached hydrogens (tertiary/aromatic N) is 3. The Labute approximate surface area is 187 Å². The van der Waals surface area contributed by atoms with Crippen molar-refractivity contribution in [1.82, 2.24) is 14.7 Å². The number of hydrogen-bond acceptors (Lipinski definition) is 5. The number of benzene rings is 2. The van der Waals surface area contributed by atoms with Crippen LogP contribution in [0.15, 0.2) is 54.7 Å². The van der Waals surface area contributed by atoms with Crippen LogP contribution in [0.4, 0.5) is 0 Å². The van der Waals surface area contributed by atoms with Crippen LogP contribution in [-0.4, -0.2) is 53.7 Å². The van der Waals surface area contributed by atoms with E-state index >= 15 is 0 Å². The van der Waals surface area contributed by atoms with E-state index < -0.39 is 0 Å². The Bertz CT molecular complexity index is 1110. The number of piperidine rings is 1. The number of ketones is 1. The highest BCUT2D eigenvalue weighted by Crippen LogP contribution is 2.31. The highest BCUT2D eigenvalue weighted by Gasteiger charge is 2.30. The van der Waals surface area contributed by atoms with Crippen LogP contribution in [0.25, 0.3) is 11.1 Å². The minimum Gasteiger partial charge on any atom is -0.497 e. The van der Waals surface area contributed by atoms with E-state index in [1.54, 1.807) is 44.3 Å². The Hall–Kier alpha value is -3.61. The van der Waals surface area contributed by atoms with Gasteiger partial charge in [0, 0.05) is 32.3 Å². The molecule has 4 rings (SSSR count). The van der Waals surface area contributed by atoms with Crippen molar-refractivity contribution in [2.75, 3.05) is 27.3 Å². The van der Waals surface area contributed by atoms with Gasteiger partial charge in [0.05, 0.1) is 19.8 Å². The summed E-state index contributed by atoms with van der Waals surface area (Å²) in [4.78, 5) is 28.1. The third kappa shape index (κ3) is 4.23. The summed E-state index contributed by atoms with van der Waals surface area (Å²) in [7, 11) is 4.99. The molecule has 32 heavy (non-hydrogen) atoms. The lowest BCUT2D eigenvalue weighted by Gasteiger charge is -2.32. The summed E-state index contributed by atoms with van der Waals surface area (Å²) in [5, 5.41) is 4.09. The molecule has 1 aliphatic rings. The molecule has 0 N–H and O–H groups in total. The summed E-state index contributed by atoms with van der Waals surface area (Å²) in [5.74, 6) is 1.33. The number of carbonyl (C=O) groups excluding carboxylic acids is 2. The molecule has 1 fully saturated rings. The smallest absolute Gasteiger partial charge is 0.254 e. The third-order valence-corrected chi connectivity index (χ3v) is 6.08. The maximum Gasteiger partial charge on any atom is 0.254 e. The van der Waals surface area contributed by atoms with Gasteiger partial charge in [0.1, 0.15) is 17.2 Å². The first-order valence-electron chi connectivity index (χ1n) is 10.7. The van der Waals surface area contributed by atoms with Gasteiger partial charge in [-0.25, -0.2) is 0 Å². The molecule has 0 saturated carbocycles. The van der Waals surface area contributed by atoms with E-state index in [0.29, 0.717) is 42.9 Å². The number of aromatic nitrogens is 2. The molecule has 1 amide bonds. The number of rotatable bonds is 6. The lowest BCUT2D eigenvalue weighted by atomic mass is 9.90. The van der Waals surface area contributed by atoms with E-state index in [0.717, 1.165) is 16.9 Å². The summed E-state index contributed by atoms with van der Waals surface area (Å²) < 4.78 is 12.2. The van der Waals surface area contributed by atoms with Crippen LogP contribution < -0.4 is 9.47 Å². The lowest BCUT2D eigenvalue weighted by Crippen LogP contribution is -2.40. The fourth-order valence-corrected chi connectivity index (χ4v) is 4.19. The van der Waals surface area contributed by atoms with Crippen LogP contribution in [0, 0.1) is 5.92 Å². The van der Waals surface area contributed by atoms with Crippen molar-refractivity contribution in [2.24, 2.45) is 13.0 Å². The van der Waals surface area contributed by atoms with E-state index in [9.17, 15) is 9.59 Å². The van der Waals surface area contributed by atoms with Gasteiger partial charge in [-0.2, -0.15) is 5.10 Å². The third-order valence-electron chi connectivity index (χ3n) is 6.08. The molecule has 2 aromatic carbocycles. The molecule has 0 unspecified atom stereocenters. The quantitative estimate of drug-likeness (QED) is 0.552. The Morgan fingerprint density at radius 1 is 0.938 bits per heavy atom. The number of hydrogen-bond donors (Lipinski definition) is 0. The second-order valence-corrected chi connectivity index (χ2v) is 7.91. The molecule has 0 atom stereocenters. The molecule has 0 bridgehead atoms. The second kappa shape index (κ2) is 9.26. The van der Waals surface area contributed by atoms with Crippen molar-refractivity contribution in [1.29, 1.82) is 0 Å². The van der Waals surface area contributed by atoms with Crippen LogP contribution in [-0.2, 0) is 7.05 Å². The average Bonchev–Trinajstić information content (AvgIpc) is 3.28. The molecule has 7 heteroatoms. The molecule has 0 spiro atoms. The summed E-state index contributed by atoms with van der Waals surface area (Å²) in [6.45, 7) is 1.07. The number of carbonyl (C=O) groups is 2. The average molecular weight is 434 g/mol. The van der Waals surface area contributed by atoms with Crippen LogP contribution in [0.2, 0.25) is 0 Å². The molecule has 1 aliphatic heterocycles. The van der Waals surface area contributed by atoms with Gasteiger partial charge >= 0.3 is 0 Å². The summed E-state index contributed by atoms with van der Waals surface area (Å²) in [5.41, 5.74) is 2.97. The standard InChI is InChI=1S/C25H27N3O4/c1-27-23(10-13-26-27)24(29)18-11-14-28(15-12-18)25(30)22-16-20(32-3)8-9-21(22)17-4-6-19(31-2)7-5-17/h4-10,13,16,18H,11-12,14-15H2,1-3H3. The zero-order chi connectivity index (χ0) is 22.7. The second-order valence-electron chi connectivity index (χ2n) is 7.91. The Morgan fingerprint density at radius 2 is 1.59 bits per heavy atom. The number of Topliss-reactive ketones (excluding diaryl/α,β-unsaturated/α-hetero) is 1. The van der Waals surface area contributed by atoms with Gasteiger partial charge in [0.25, 0.3) is 5.91 Å². The zero-order valence-corrected chi connectivity index (χ0v) is 18.6. The molecule has 0 aliphatic carbocycles. The highest BCUT2D eigenvalue weighted by molar-refractivity contribution is 6.02. The van der Waals surface area contributed by atoms with Crippen molar-refractivity contribution in [2.45, 2.75) is 12.8 Å². The minimum absolute atomic E-state index is 0.0545. The predicted octanol–water partition coefficient (Wildman–Crippen LogP) is 3.84. The Kier molecular flexibility index (Phi) is 6.25. The van der Waals surface area contributed by atoms with E-state index in [1.165, 1.54) is 0 Å². The molecule has 3 aromatic rings. The minimum atomic E-state index is -0.0965. The monoisotopic (exact) mass is 433 g/mol. The zero-order valence-electron chi connectivity index (χ0n) is 18.6. The van der Waals surface area contributed by atoms with Gasteiger partial charge < -0.3 is 14.4 Å². The molecule has 166 valence electrons. The Morgan fingerprint density at radius 3 is 2.19 bits per heavy atom. The van der Waals surface area contributed by atoms with Gasteiger partial charge in [-0.1, -0.05) is 12.1 Å². The normalized spacial score (nSPS) is 14.3. The highest BCUT2D eigenvalue weighted by atomic mass is 16.5. The van der Waals surface area contributed by atoms with Crippen LogP contribution in [0.5, 0.6) is 11.5 Å².